The van der Waals surface area contributed by atoms with Crippen LogP contribution in [0, 0.1) is 12.8 Å². The molecule has 2 unspecified atom stereocenters. The maximum atomic E-state index is 12.0. The van der Waals surface area contributed by atoms with Crippen molar-refractivity contribution in [2.24, 2.45) is 5.92 Å². The zero-order valence-corrected chi connectivity index (χ0v) is 13.1. The normalized spacial score (nSPS) is 21.9. The van der Waals surface area contributed by atoms with Gasteiger partial charge in [0.05, 0.1) is 0 Å². The largest absolute Gasteiger partial charge is 0.353 e. The Morgan fingerprint density at radius 2 is 2.05 bits per heavy atom. The molecule has 4 heteroatoms. The molecule has 0 radical (unpaired) electrons. The molecular formula is C16H25ClN2O. The number of rotatable bonds is 4. The van der Waals surface area contributed by atoms with Crippen molar-refractivity contribution in [2.45, 2.75) is 39.2 Å². The van der Waals surface area contributed by atoms with E-state index in [2.05, 4.69) is 48.7 Å². The summed E-state index contributed by atoms with van der Waals surface area (Å²) in [6.07, 6.45) is 2.45. The zero-order chi connectivity index (χ0) is 13.7. The Balaban J connectivity index is 0.00000200. The minimum atomic E-state index is 0. The summed E-state index contributed by atoms with van der Waals surface area (Å²) in [6.45, 7) is 6.28. The lowest BCUT2D eigenvalue weighted by Crippen LogP contribution is -2.48. The molecule has 2 N–H and O–H groups in total. The molecule has 0 saturated carbocycles. The van der Waals surface area contributed by atoms with Gasteiger partial charge >= 0.3 is 0 Å². The van der Waals surface area contributed by atoms with E-state index in [4.69, 9.17) is 0 Å². The van der Waals surface area contributed by atoms with Gasteiger partial charge in [-0.25, -0.2) is 0 Å². The van der Waals surface area contributed by atoms with E-state index in [1.165, 1.54) is 11.1 Å². The summed E-state index contributed by atoms with van der Waals surface area (Å²) in [5.74, 6) is 0.705. The Bertz CT molecular complexity index is 419. The van der Waals surface area contributed by atoms with Crippen molar-refractivity contribution in [3.8, 4) is 0 Å². The number of piperidine rings is 1. The molecule has 1 saturated heterocycles. The summed E-state index contributed by atoms with van der Waals surface area (Å²) < 4.78 is 0. The average molecular weight is 297 g/mol. The van der Waals surface area contributed by atoms with Gasteiger partial charge in [-0.05, 0) is 44.3 Å². The highest BCUT2D eigenvalue weighted by Gasteiger charge is 2.22. The van der Waals surface area contributed by atoms with Crippen molar-refractivity contribution in [2.75, 3.05) is 13.1 Å². The Morgan fingerprint density at radius 3 is 2.70 bits per heavy atom. The lowest BCUT2D eigenvalue weighted by atomic mass is 9.95. The number of hydrogen-bond donors (Lipinski definition) is 2. The zero-order valence-electron chi connectivity index (χ0n) is 12.3. The van der Waals surface area contributed by atoms with E-state index in [1.807, 2.05) is 0 Å². The molecule has 0 spiro atoms. The molecule has 1 aliphatic rings. The van der Waals surface area contributed by atoms with Gasteiger partial charge in [0.15, 0.2) is 0 Å². The summed E-state index contributed by atoms with van der Waals surface area (Å²) in [5, 5.41) is 6.52. The van der Waals surface area contributed by atoms with Crippen molar-refractivity contribution in [1.29, 1.82) is 0 Å². The smallest absolute Gasteiger partial charge is 0.220 e. The summed E-state index contributed by atoms with van der Waals surface area (Å²) in [6, 6.07) is 8.75. The van der Waals surface area contributed by atoms with Crippen molar-refractivity contribution >= 4 is 18.3 Å². The SMILES string of the molecule is Cc1ccc(CCC(=O)NC2CCNCC2C)cc1.Cl. The number of carbonyl (C=O) groups excluding carboxylic acids is 1. The predicted molar refractivity (Wildman–Crippen MR) is 85.3 cm³/mol. The van der Waals surface area contributed by atoms with Crippen LogP contribution in [0.25, 0.3) is 0 Å². The maximum Gasteiger partial charge on any atom is 0.220 e. The van der Waals surface area contributed by atoms with E-state index >= 15 is 0 Å². The molecule has 1 heterocycles. The molecule has 112 valence electrons. The van der Waals surface area contributed by atoms with Crippen molar-refractivity contribution in [3.63, 3.8) is 0 Å². The number of benzene rings is 1. The summed E-state index contributed by atoms with van der Waals surface area (Å²) in [7, 11) is 0. The number of halogens is 1. The lowest BCUT2D eigenvalue weighted by molar-refractivity contribution is -0.122. The first-order valence-corrected chi connectivity index (χ1v) is 7.21. The van der Waals surface area contributed by atoms with Crippen LogP contribution in [0.3, 0.4) is 0 Å². The van der Waals surface area contributed by atoms with E-state index < -0.39 is 0 Å². The van der Waals surface area contributed by atoms with Crippen LogP contribution >= 0.6 is 12.4 Å². The topological polar surface area (TPSA) is 41.1 Å². The quantitative estimate of drug-likeness (QED) is 0.896. The predicted octanol–water partition coefficient (Wildman–Crippen LogP) is 2.46. The molecule has 20 heavy (non-hydrogen) atoms. The molecule has 1 aliphatic heterocycles. The van der Waals surface area contributed by atoms with Gasteiger partial charge in [-0.15, -0.1) is 12.4 Å². The first kappa shape index (κ1) is 17.0. The fraction of sp³-hybridized carbons (Fsp3) is 0.562. The summed E-state index contributed by atoms with van der Waals surface area (Å²) >= 11 is 0. The third kappa shape index (κ3) is 5.14. The van der Waals surface area contributed by atoms with Gasteiger partial charge in [-0.1, -0.05) is 36.8 Å². The molecule has 2 rings (SSSR count). The number of hydrogen-bond acceptors (Lipinski definition) is 2. The minimum Gasteiger partial charge on any atom is -0.353 e. The molecular weight excluding hydrogens is 272 g/mol. The lowest BCUT2D eigenvalue weighted by Gasteiger charge is -2.30. The van der Waals surface area contributed by atoms with E-state index in [0.29, 0.717) is 18.4 Å². The van der Waals surface area contributed by atoms with Crippen LogP contribution in [-0.2, 0) is 11.2 Å². The van der Waals surface area contributed by atoms with Gasteiger partial charge in [0.2, 0.25) is 5.91 Å². The number of nitrogens with one attached hydrogen (secondary N) is 2. The fourth-order valence-corrected chi connectivity index (χ4v) is 2.52. The van der Waals surface area contributed by atoms with Crippen LogP contribution in [0.1, 0.15) is 30.9 Å². The monoisotopic (exact) mass is 296 g/mol. The average Bonchev–Trinajstić information content (AvgIpc) is 2.41. The Labute approximate surface area is 127 Å². The van der Waals surface area contributed by atoms with Crippen LogP contribution in [-0.4, -0.2) is 25.0 Å². The third-order valence-electron chi connectivity index (χ3n) is 3.89. The van der Waals surface area contributed by atoms with E-state index in [1.54, 1.807) is 0 Å². The number of carbonyl (C=O) groups is 1. The Hall–Kier alpha value is -1.06. The van der Waals surface area contributed by atoms with Crippen LogP contribution in [0.5, 0.6) is 0 Å². The van der Waals surface area contributed by atoms with Crippen LogP contribution in [0.4, 0.5) is 0 Å². The standard InChI is InChI=1S/C16H24N2O.ClH/c1-12-3-5-14(6-4-12)7-8-16(19)18-15-9-10-17-11-13(15)2;/h3-6,13,15,17H,7-11H2,1-2H3,(H,18,19);1H. The van der Waals surface area contributed by atoms with Crippen molar-refractivity contribution in [3.05, 3.63) is 35.4 Å². The van der Waals surface area contributed by atoms with Gasteiger partial charge in [0, 0.05) is 12.5 Å². The highest BCUT2D eigenvalue weighted by atomic mass is 35.5. The molecule has 1 fully saturated rings. The molecule has 1 aromatic rings. The fourth-order valence-electron chi connectivity index (χ4n) is 2.52. The molecule has 2 atom stereocenters. The molecule has 1 aromatic carbocycles. The van der Waals surface area contributed by atoms with E-state index in [-0.39, 0.29) is 18.3 Å². The number of aryl methyl sites for hydroxylation is 2. The van der Waals surface area contributed by atoms with Crippen LogP contribution in [0.2, 0.25) is 0 Å². The highest BCUT2D eigenvalue weighted by molar-refractivity contribution is 5.85. The number of amides is 1. The van der Waals surface area contributed by atoms with Gasteiger partial charge in [0.25, 0.3) is 0 Å². The Kier molecular flexibility index (Phi) is 7.03. The van der Waals surface area contributed by atoms with Crippen molar-refractivity contribution in [1.82, 2.24) is 10.6 Å². The van der Waals surface area contributed by atoms with Crippen molar-refractivity contribution < 1.29 is 4.79 Å². The second-order valence-electron chi connectivity index (χ2n) is 5.63. The van der Waals surface area contributed by atoms with Gasteiger partial charge < -0.3 is 10.6 Å². The Morgan fingerprint density at radius 1 is 1.35 bits per heavy atom. The highest BCUT2D eigenvalue weighted by Crippen LogP contribution is 2.11. The minimum absolute atomic E-state index is 0. The maximum absolute atomic E-state index is 12.0. The van der Waals surface area contributed by atoms with Gasteiger partial charge in [-0.3, -0.25) is 4.79 Å². The molecule has 0 aliphatic carbocycles. The van der Waals surface area contributed by atoms with Gasteiger partial charge in [-0.2, -0.15) is 0 Å². The first-order chi connectivity index (χ1) is 9.15. The molecule has 0 aromatic heterocycles. The third-order valence-corrected chi connectivity index (χ3v) is 3.89. The van der Waals surface area contributed by atoms with Crippen LogP contribution in [0.15, 0.2) is 24.3 Å². The van der Waals surface area contributed by atoms with Crippen LogP contribution < -0.4 is 10.6 Å². The first-order valence-electron chi connectivity index (χ1n) is 7.21. The molecule has 0 bridgehead atoms. The van der Waals surface area contributed by atoms with E-state index in [0.717, 1.165) is 25.9 Å². The second-order valence-corrected chi connectivity index (χ2v) is 5.63. The second kappa shape index (κ2) is 8.28. The molecule has 3 nitrogen and oxygen atoms in total. The van der Waals surface area contributed by atoms with Gasteiger partial charge in [0.1, 0.15) is 0 Å². The summed E-state index contributed by atoms with van der Waals surface area (Å²) in [5.41, 5.74) is 2.50. The summed E-state index contributed by atoms with van der Waals surface area (Å²) in [4.78, 5) is 12.0. The molecule has 1 amide bonds. The van der Waals surface area contributed by atoms with E-state index in [9.17, 15) is 4.79 Å².